The Morgan fingerprint density at radius 1 is 1.36 bits per heavy atom. The van der Waals surface area contributed by atoms with E-state index in [2.05, 4.69) is 10.3 Å². The van der Waals surface area contributed by atoms with Gasteiger partial charge in [-0.2, -0.15) is 0 Å². The van der Waals surface area contributed by atoms with Crippen LogP contribution in [0.3, 0.4) is 0 Å². The number of likely N-dealkylation sites (N-methyl/N-ethyl adjacent to an activating group) is 1. The SMILES string of the molecule is CCN=C1SC(=CC(=O)Nc2ccc(Cl)cc2)C(=O)N1CC. The fourth-order valence-corrected chi connectivity index (χ4v) is 3.07. The molecule has 22 heavy (non-hydrogen) atoms. The highest BCUT2D eigenvalue weighted by atomic mass is 35.5. The molecule has 1 saturated heterocycles. The molecule has 0 atom stereocenters. The molecule has 116 valence electrons. The Bertz CT molecular complexity index is 641. The normalized spacial score (nSPS) is 18.3. The van der Waals surface area contributed by atoms with Gasteiger partial charge in [0.25, 0.3) is 5.91 Å². The number of hydrogen-bond acceptors (Lipinski definition) is 4. The number of rotatable bonds is 4. The number of hydrogen-bond donors (Lipinski definition) is 1. The monoisotopic (exact) mass is 337 g/mol. The zero-order chi connectivity index (χ0) is 16.1. The molecule has 0 spiro atoms. The second-order valence-electron chi connectivity index (χ2n) is 4.41. The number of anilines is 1. The van der Waals surface area contributed by atoms with Crippen LogP contribution in [-0.2, 0) is 9.59 Å². The van der Waals surface area contributed by atoms with E-state index in [1.54, 1.807) is 29.2 Å². The van der Waals surface area contributed by atoms with Crippen LogP contribution in [0.5, 0.6) is 0 Å². The summed E-state index contributed by atoms with van der Waals surface area (Å²) in [5, 5.41) is 3.93. The average molecular weight is 338 g/mol. The first-order valence-electron chi connectivity index (χ1n) is 6.87. The molecule has 1 aliphatic heterocycles. The number of benzene rings is 1. The number of amidine groups is 1. The van der Waals surface area contributed by atoms with Gasteiger partial charge >= 0.3 is 0 Å². The van der Waals surface area contributed by atoms with Gasteiger partial charge in [0.2, 0.25) is 5.91 Å². The number of thioether (sulfide) groups is 1. The van der Waals surface area contributed by atoms with Crippen molar-refractivity contribution in [1.29, 1.82) is 0 Å². The smallest absolute Gasteiger partial charge is 0.266 e. The van der Waals surface area contributed by atoms with E-state index in [-0.39, 0.29) is 11.8 Å². The van der Waals surface area contributed by atoms with Crippen molar-refractivity contribution in [2.75, 3.05) is 18.4 Å². The van der Waals surface area contributed by atoms with Crippen molar-refractivity contribution < 1.29 is 9.59 Å². The summed E-state index contributed by atoms with van der Waals surface area (Å²) in [6, 6.07) is 6.77. The molecular weight excluding hydrogens is 322 g/mol. The maximum atomic E-state index is 12.2. The van der Waals surface area contributed by atoms with Gasteiger partial charge in [-0.3, -0.25) is 19.5 Å². The van der Waals surface area contributed by atoms with Gasteiger partial charge in [0, 0.05) is 29.9 Å². The second kappa shape index (κ2) is 7.47. The van der Waals surface area contributed by atoms with Crippen molar-refractivity contribution in [2.45, 2.75) is 13.8 Å². The van der Waals surface area contributed by atoms with E-state index in [0.717, 1.165) is 0 Å². The maximum Gasteiger partial charge on any atom is 0.266 e. The summed E-state index contributed by atoms with van der Waals surface area (Å²) in [6.45, 7) is 4.90. The number of carbonyl (C=O) groups is 2. The number of amides is 2. The molecule has 0 aromatic heterocycles. The molecule has 0 aliphatic carbocycles. The maximum absolute atomic E-state index is 12.2. The van der Waals surface area contributed by atoms with Gasteiger partial charge in [-0.1, -0.05) is 11.6 Å². The first-order chi connectivity index (χ1) is 10.5. The van der Waals surface area contributed by atoms with Crippen molar-refractivity contribution >= 4 is 46.0 Å². The van der Waals surface area contributed by atoms with Crippen LogP contribution in [0.15, 0.2) is 40.2 Å². The van der Waals surface area contributed by atoms with Crippen LogP contribution in [0.2, 0.25) is 5.02 Å². The van der Waals surface area contributed by atoms with Gasteiger partial charge < -0.3 is 5.32 Å². The van der Waals surface area contributed by atoms with Gasteiger partial charge in [-0.25, -0.2) is 0 Å². The largest absolute Gasteiger partial charge is 0.322 e. The Morgan fingerprint density at radius 2 is 2.05 bits per heavy atom. The summed E-state index contributed by atoms with van der Waals surface area (Å²) < 4.78 is 0. The lowest BCUT2D eigenvalue weighted by molar-refractivity contribution is -0.122. The Kier molecular flexibility index (Phi) is 5.63. The molecule has 1 heterocycles. The van der Waals surface area contributed by atoms with E-state index in [4.69, 9.17) is 11.6 Å². The standard InChI is InChI=1S/C15H16ClN3O2S/c1-3-17-15-19(4-2)14(21)12(22-15)9-13(20)18-11-7-5-10(16)6-8-11/h5-9H,3-4H2,1-2H3,(H,18,20). The lowest BCUT2D eigenvalue weighted by Crippen LogP contribution is -2.29. The second-order valence-corrected chi connectivity index (χ2v) is 5.86. The fourth-order valence-electron chi connectivity index (χ4n) is 1.87. The molecule has 1 aromatic rings. The predicted molar refractivity (Wildman–Crippen MR) is 91.1 cm³/mol. The van der Waals surface area contributed by atoms with Gasteiger partial charge in [0.1, 0.15) is 0 Å². The van der Waals surface area contributed by atoms with Crippen molar-refractivity contribution in [3.05, 3.63) is 40.3 Å². The van der Waals surface area contributed by atoms with Crippen LogP contribution in [0, 0.1) is 0 Å². The third-order valence-electron chi connectivity index (χ3n) is 2.87. The number of aliphatic imine (C=N–C) groups is 1. The van der Waals surface area contributed by atoms with Crippen LogP contribution in [-0.4, -0.2) is 35.0 Å². The molecule has 2 amide bonds. The first-order valence-corrected chi connectivity index (χ1v) is 8.07. The van der Waals surface area contributed by atoms with E-state index in [1.165, 1.54) is 17.8 Å². The van der Waals surface area contributed by atoms with Crippen LogP contribution >= 0.6 is 23.4 Å². The molecule has 1 N–H and O–H groups in total. The summed E-state index contributed by atoms with van der Waals surface area (Å²) in [5.74, 6) is -0.544. The highest BCUT2D eigenvalue weighted by Gasteiger charge is 2.32. The summed E-state index contributed by atoms with van der Waals surface area (Å²) in [7, 11) is 0. The van der Waals surface area contributed by atoms with Gasteiger partial charge in [-0.05, 0) is 49.9 Å². The molecule has 5 nitrogen and oxygen atoms in total. The summed E-state index contributed by atoms with van der Waals surface area (Å²) >= 11 is 7.01. The van der Waals surface area contributed by atoms with Gasteiger partial charge in [-0.15, -0.1) is 0 Å². The van der Waals surface area contributed by atoms with Crippen molar-refractivity contribution in [1.82, 2.24) is 4.90 Å². The number of nitrogens with zero attached hydrogens (tertiary/aromatic N) is 2. The molecule has 0 radical (unpaired) electrons. The molecule has 1 aliphatic rings. The van der Waals surface area contributed by atoms with Crippen molar-refractivity contribution in [2.24, 2.45) is 4.99 Å². The Labute approximate surface area is 138 Å². The molecular formula is C15H16ClN3O2S. The summed E-state index contributed by atoms with van der Waals surface area (Å²) in [4.78, 5) is 30.4. The van der Waals surface area contributed by atoms with Crippen LogP contribution in [0.1, 0.15) is 13.8 Å². The Balaban J connectivity index is 2.11. The molecule has 1 aromatic carbocycles. The zero-order valence-corrected chi connectivity index (χ0v) is 13.9. The number of nitrogens with one attached hydrogen (secondary N) is 1. The number of halogens is 1. The molecule has 1 fully saturated rings. The van der Waals surface area contributed by atoms with Crippen molar-refractivity contribution in [3.63, 3.8) is 0 Å². The topological polar surface area (TPSA) is 61.8 Å². The van der Waals surface area contributed by atoms with Crippen molar-refractivity contribution in [3.8, 4) is 0 Å². The van der Waals surface area contributed by atoms with E-state index in [9.17, 15) is 9.59 Å². The minimum absolute atomic E-state index is 0.189. The van der Waals surface area contributed by atoms with Crippen LogP contribution in [0.4, 0.5) is 5.69 Å². The summed E-state index contributed by atoms with van der Waals surface area (Å²) in [6.07, 6.45) is 1.31. The minimum Gasteiger partial charge on any atom is -0.322 e. The third kappa shape index (κ3) is 3.90. The van der Waals surface area contributed by atoms with Crippen LogP contribution in [0.25, 0.3) is 0 Å². The molecule has 2 rings (SSSR count). The van der Waals surface area contributed by atoms with Crippen LogP contribution < -0.4 is 5.32 Å². The fraction of sp³-hybridized carbons (Fsp3) is 0.267. The predicted octanol–water partition coefficient (Wildman–Crippen LogP) is 3.13. The first kappa shape index (κ1) is 16.6. The van der Waals surface area contributed by atoms with E-state index in [0.29, 0.717) is 33.9 Å². The minimum atomic E-state index is -0.355. The lowest BCUT2D eigenvalue weighted by Gasteiger charge is -2.11. The van der Waals surface area contributed by atoms with Gasteiger partial charge in [0.15, 0.2) is 5.17 Å². The zero-order valence-electron chi connectivity index (χ0n) is 12.3. The molecule has 0 unspecified atom stereocenters. The average Bonchev–Trinajstić information content (AvgIpc) is 2.77. The number of carbonyl (C=O) groups excluding carboxylic acids is 2. The highest BCUT2D eigenvalue weighted by Crippen LogP contribution is 2.30. The Morgan fingerprint density at radius 3 is 2.64 bits per heavy atom. The third-order valence-corrected chi connectivity index (χ3v) is 4.17. The summed E-state index contributed by atoms with van der Waals surface area (Å²) in [5.41, 5.74) is 0.622. The highest BCUT2D eigenvalue weighted by molar-refractivity contribution is 8.18. The lowest BCUT2D eigenvalue weighted by atomic mass is 10.3. The molecule has 0 saturated carbocycles. The molecule has 0 bridgehead atoms. The van der Waals surface area contributed by atoms with E-state index >= 15 is 0 Å². The van der Waals surface area contributed by atoms with E-state index < -0.39 is 0 Å². The van der Waals surface area contributed by atoms with E-state index in [1.807, 2.05) is 13.8 Å². The quantitative estimate of drug-likeness (QED) is 0.858. The molecule has 7 heteroatoms. The Hall–Kier alpha value is -1.79. The van der Waals surface area contributed by atoms with Gasteiger partial charge in [0.05, 0.1) is 4.91 Å².